The van der Waals surface area contributed by atoms with Crippen LogP contribution in [0.2, 0.25) is 0 Å². The quantitative estimate of drug-likeness (QED) is 0.730. The van der Waals surface area contributed by atoms with Gasteiger partial charge in [-0.1, -0.05) is 12.1 Å². The lowest BCUT2D eigenvalue weighted by Crippen LogP contribution is -1.96. The lowest BCUT2D eigenvalue weighted by Gasteiger charge is -2.04. The number of anilines is 1. The van der Waals surface area contributed by atoms with Crippen LogP contribution < -0.4 is 10.5 Å². The topological polar surface area (TPSA) is 52.5 Å². The summed E-state index contributed by atoms with van der Waals surface area (Å²) < 4.78 is 7.68. The average Bonchev–Trinajstić information content (AvgIpc) is 2.78. The predicted octanol–water partition coefficient (Wildman–Crippen LogP) is 2.80. The Morgan fingerprint density at radius 2 is 2.11 bits per heavy atom. The molecule has 0 spiro atoms. The number of rotatable bonds is 3. The van der Waals surface area contributed by atoms with Gasteiger partial charge in [0.05, 0.1) is 5.69 Å². The highest BCUT2D eigenvalue weighted by atomic mass is 16.5. The lowest BCUT2D eigenvalue weighted by molar-refractivity contribution is 0.302. The minimum Gasteiger partial charge on any atom is -0.487 e. The van der Waals surface area contributed by atoms with Gasteiger partial charge < -0.3 is 14.9 Å². The second-order valence-corrected chi connectivity index (χ2v) is 4.57. The maximum Gasteiger partial charge on any atom is 0.137 e. The number of hydrogen-bond acceptors (Lipinski definition) is 3. The predicted molar refractivity (Wildman–Crippen MR) is 75.1 cm³/mol. The molecule has 0 fully saturated rings. The number of imidazole rings is 1. The van der Waals surface area contributed by atoms with E-state index in [1.807, 2.05) is 47.1 Å². The van der Waals surface area contributed by atoms with Crippen molar-refractivity contribution < 1.29 is 4.74 Å². The van der Waals surface area contributed by atoms with Crippen molar-refractivity contribution in [3.8, 4) is 5.75 Å². The third kappa shape index (κ3) is 2.52. The van der Waals surface area contributed by atoms with E-state index in [4.69, 9.17) is 10.5 Å². The number of aryl methyl sites for hydroxylation is 1. The summed E-state index contributed by atoms with van der Waals surface area (Å²) in [5.41, 5.74) is 9.43. The molecule has 4 heteroatoms. The first-order chi connectivity index (χ1) is 9.20. The van der Waals surface area contributed by atoms with Crippen LogP contribution in [0.3, 0.4) is 0 Å². The highest BCUT2D eigenvalue weighted by molar-refractivity contribution is 5.44. The Morgan fingerprint density at radius 3 is 2.95 bits per heavy atom. The minimum absolute atomic E-state index is 0.435. The van der Waals surface area contributed by atoms with Crippen LogP contribution in [0.5, 0.6) is 5.75 Å². The number of nitrogen functional groups attached to an aromatic ring is 1. The molecule has 0 aliphatic rings. The maximum atomic E-state index is 5.71. The van der Waals surface area contributed by atoms with E-state index in [0.717, 1.165) is 17.1 Å². The van der Waals surface area contributed by atoms with Gasteiger partial charge in [-0.3, -0.25) is 0 Å². The number of nitrogens with zero attached hydrogens (tertiary/aromatic N) is 2. The summed E-state index contributed by atoms with van der Waals surface area (Å²) in [6, 6.07) is 11.4. The van der Waals surface area contributed by atoms with Gasteiger partial charge in [-0.15, -0.1) is 0 Å². The monoisotopic (exact) mass is 253 g/mol. The molecule has 3 rings (SSSR count). The number of nitrogens with two attached hydrogens (primary N) is 1. The number of benzene rings is 1. The van der Waals surface area contributed by atoms with Crippen molar-refractivity contribution in [2.75, 3.05) is 5.73 Å². The Balaban J connectivity index is 1.78. The van der Waals surface area contributed by atoms with Crippen molar-refractivity contribution in [2.45, 2.75) is 13.5 Å². The van der Waals surface area contributed by atoms with Crippen LogP contribution >= 0.6 is 0 Å². The van der Waals surface area contributed by atoms with E-state index in [0.29, 0.717) is 12.3 Å². The number of hydrogen-bond donors (Lipinski definition) is 1. The Bertz CT molecular complexity index is 718. The van der Waals surface area contributed by atoms with Gasteiger partial charge >= 0.3 is 0 Å². The number of pyridine rings is 1. The van der Waals surface area contributed by atoms with E-state index >= 15 is 0 Å². The Labute approximate surface area is 111 Å². The van der Waals surface area contributed by atoms with Gasteiger partial charge in [0.25, 0.3) is 0 Å². The van der Waals surface area contributed by atoms with Crippen LogP contribution in [0.1, 0.15) is 11.3 Å². The summed E-state index contributed by atoms with van der Waals surface area (Å²) in [7, 11) is 0. The fourth-order valence-electron chi connectivity index (χ4n) is 1.99. The van der Waals surface area contributed by atoms with Gasteiger partial charge in [-0.2, -0.15) is 0 Å². The van der Waals surface area contributed by atoms with E-state index in [1.54, 1.807) is 6.07 Å². The molecule has 2 N–H and O–H groups in total. The van der Waals surface area contributed by atoms with Gasteiger partial charge in [0.2, 0.25) is 0 Å². The molecule has 0 saturated carbocycles. The smallest absolute Gasteiger partial charge is 0.137 e. The SMILES string of the molecule is Cc1ccc2nc(COc3cccc(N)c3)cn2c1. The summed E-state index contributed by atoms with van der Waals surface area (Å²) in [6.07, 6.45) is 4.03. The van der Waals surface area contributed by atoms with Crippen molar-refractivity contribution in [3.63, 3.8) is 0 Å². The molecule has 19 heavy (non-hydrogen) atoms. The normalized spacial score (nSPS) is 10.8. The van der Waals surface area contributed by atoms with Crippen molar-refractivity contribution in [2.24, 2.45) is 0 Å². The second kappa shape index (κ2) is 4.65. The molecule has 3 aromatic rings. The van der Waals surface area contributed by atoms with E-state index in [9.17, 15) is 0 Å². The van der Waals surface area contributed by atoms with Crippen LogP contribution in [0.25, 0.3) is 5.65 Å². The maximum absolute atomic E-state index is 5.71. The van der Waals surface area contributed by atoms with Gasteiger partial charge in [-0.25, -0.2) is 4.98 Å². The second-order valence-electron chi connectivity index (χ2n) is 4.57. The zero-order chi connectivity index (χ0) is 13.2. The molecule has 0 bridgehead atoms. The highest BCUT2D eigenvalue weighted by Gasteiger charge is 2.03. The molecule has 1 aromatic carbocycles. The molecule has 4 nitrogen and oxygen atoms in total. The highest BCUT2D eigenvalue weighted by Crippen LogP contribution is 2.16. The molecule has 2 aromatic heterocycles. The molecule has 0 radical (unpaired) electrons. The molecule has 0 aliphatic carbocycles. The van der Waals surface area contributed by atoms with Crippen LogP contribution in [0.15, 0.2) is 48.8 Å². The number of ether oxygens (including phenoxy) is 1. The summed E-state index contributed by atoms with van der Waals surface area (Å²) in [6.45, 7) is 2.49. The molecule has 96 valence electrons. The summed E-state index contributed by atoms with van der Waals surface area (Å²) in [5.74, 6) is 0.758. The molecular weight excluding hydrogens is 238 g/mol. The van der Waals surface area contributed by atoms with Crippen molar-refractivity contribution in [1.82, 2.24) is 9.38 Å². The molecule has 0 aliphatic heterocycles. The van der Waals surface area contributed by atoms with Crippen LogP contribution in [-0.2, 0) is 6.61 Å². The van der Waals surface area contributed by atoms with Crippen LogP contribution in [-0.4, -0.2) is 9.38 Å². The first-order valence-corrected chi connectivity index (χ1v) is 6.13. The number of aromatic nitrogens is 2. The van der Waals surface area contributed by atoms with Gasteiger partial charge in [0.15, 0.2) is 0 Å². The minimum atomic E-state index is 0.435. The Kier molecular flexibility index (Phi) is 2.83. The van der Waals surface area contributed by atoms with E-state index in [-0.39, 0.29) is 0 Å². The zero-order valence-corrected chi connectivity index (χ0v) is 10.7. The molecule has 0 saturated heterocycles. The molecular formula is C15H15N3O. The fourth-order valence-corrected chi connectivity index (χ4v) is 1.99. The largest absolute Gasteiger partial charge is 0.487 e. The van der Waals surface area contributed by atoms with Crippen LogP contribution in [0, 0.1) is 6.92 Å². The summed E-state index contributed by atoms with van der Waals surface area (Å²) >= 11 is 0. The third-order valence-electron chi connectivity index (χ3n) is 2.89. The molecule has 0 unspecified atom stereocenters. The van der Waals surface area contributed by atoms with E-state index < -0.39 is 0 Å². The zero-order valence-electron chi connectivity index (χ0n) is 10.7. The number of fused-ring (bicyclic) bond motifs is 1. The standard InChI is InChI=1S/C15H15N3O/c1-11-5-6-15-17-13(9-18(15)8-11)10-19-14-4-2-3-12(16)7-14/h2-9H,10,16H2,1H3. The first kappa shape index (κ1) is 11.6. The van der Waals surface area contributed by atoms with Crippen LogP contribution in [0.4, 0.5) is 5.69 Å². The molecule has 2 heterocycles. The Hall–Kier alpha value is -2.49. The van der Waals surface area contributed by atoms with Crippen molar-refractivity contribution >= 4 is 11.3 Å². The lowest BCUT2D eigenvalue weighted by atomic mass is 10.3. The summed E-state index contributed by atoms with van der Waals surface area (Å²) in [4.78, 5) is 4.50. The van der Waals surface area contributed by atoms with Gasteiger partial charge in [0.1, 0.15) is 18.0 Å². The average molecular weight is 253 g/mol. The van der Waals surface area contributed by atoms with Crippen molar-refractivity contribution in [3.05, 3.63) is 60.0 Å². The van der Waals surface area contributed by atoms with E-state index in [1.165, 1.54) is 5.56 Å². The van der Waals surface area contributed by atoms with E-state index in [2.05, 4.69) is 11.9 Å². The third-order valence-corrected chi connectivity index (χ3v) is 2.89. The van der Waals surface area contributed by atoms with Gasteiger partial charge in [0, 0.05) is 24.1 Å². The first-order valence-electron chi connectivity index (χ1n) is 6.13. The Morgan fingerprint density at radius 1 is 1.21 bits per heavy atom. The molecule has 0 atom stereocenters. The van der Waals surface area contributed by atoms with Gasteiger partial charge in [-0.05, 0) is 30.7 Å². The fraction of sp³-hybridized carbons (Fsp3) is 0.133. The molecule has 0 amide bonds. The summed E-state index contributed by atoms with van der Waals surface area (Å²) in [5, 5.41) is 0. The van der Waals surface area contributed by atoms with Crippen molar-refractivity contribution in [1.29, 1.82) is 0 Å².